The molecule has 5 atom stereocenters. The van der Waals surface area contributed by atoms with Crippen molar-refractivity contribution in [1.29, 1.82) is 0 Å². The Labute approximate surface area is 137 Å². The zero-order valence-electron chi connectivity index (χ0n) is 13.7. The van der Waals surface area contributed by atoms with Gasteiger partial charge in [-0.05, 0) is 0 Å². The lowest BCUT2D eigenvalue weighted by molar-refractivity contribution is -0.296. The summed E-state index contributed by atoms with van der Waals surface area (Å²) in [5.74, 6) is -2.87. The fourth-order valence-corrected chi connectivity index (χ4v) is 2.21. The SMILES string of the molecule is CC(=O)OCC1O[C@H](O)C(OC(C)=O)[C@H](OC(C)=O)[C@H]1OC(C)=O. The van der Waals surface area contributed by atoms with Crippen LogP contribution in [0.2, 0.25) is 0 Å². The predicted octanol–water partition coefficient (Wildman–Crippen LogP) is -0.938. The van der Waals surface area contributed by atoms with Crippen molar-refractivity contribution in [3.8, 4) is 0 Å². The van der Waals surface area contributed by atoms with Gasteiger partial charge >= 0.3 is 23.9 Å². The van der Waals surface area contributed by atoms with E-state index < -0.39 is 54.6 Å². The van der Waals surface area contributed by atoms with E-state index in [0.29, 0.717) is 0 Å². The molecule has 1 fully saturated rings. The minimum atomic E-state index is -1.68. The molecule has 10 nitrogen and oxygen atoms in total. The minimum absolute atomic E-state index is 0.366. The molecule has 0 aliphatic carbocycles. The highest BCUT2D eigenvalue weighted by atomic mass is 16.7. The monoisotopic (exact) mass is 348 g/mol. The molecular weight excluding hydrogens is 328 g/mol. The molecule has 0 radical (unpaired) electrons. The fourth-order valence-electron chi connectivity index (χ4n) is 2.21. The van der Waals surface area contributed by atoms with Gasteiger partial charge in [0.1, 0.15) is 12.7 Å². The first kappa shape index (κ1) is 19.8. The van der Waals surface area contributed by atoms with Crippen molar-refractivity contribution < 1.29 is 48.0 Å². The summed E-state index contributed by atoms with van der Waals surface area (Å²) in [6.07, 6.45) is -6.79. The largest absolute Gasteiger partial charge is 0.463 e. The number of hydrogen-bond donors (Lipinski definition) is 1. The number of rotatable bonds is 5. The molecule has 2 unspecified atom stereocenters. The Morgan fingerprint density at radius 1 is 0.792 bits per heavy atom. The summed E-state index contributed by atoms with van der Waals surface area (Å²) in [7, 11) is 0. The molecule has 24 heavy (non-hydrogen) atoms. The lowest BCUT2D eigenvalue weighted by Gasteiger charge is -2.42. The Morgan fingerprint density at radius 2 is 1.25 bits per heavy atom. The first-order valence-corrected chi connectivity index (χ1v) is 7.10. The van der Waals surface area contributed by atoms with Crippen LogP contribution in [0, 0.1) is 0 Å². The highest BCUT2D eigenvalue weighted by Gasteiger charge is 2.51. The lowest BCUT2D eigenvalue weighted by Crippen LogP contribution is -2.62. The highest BCUT2D eigenvalue weighted by Crippen LogP contribution is 2.28. The summed E-state index contributed by atoms with van der Waals surface area (Å²) >= 11 is 0. The second kappa shape index (κ2) is 8.60. The summed E-state index contributed by atoms with van der Waals surface area (Å²) in [5.41, 5.74) is 0. The number of esters is 4. The molecule has 1 saturated heterocycles. The van der Waals surface area contributed by atoms with E-state index in [9.17, 15) is 24.3 Å². The van der Waals surface area contributed by atoms with E-state index in [1.807, 2.05) is 0 Å². The standard InChI is InChI=1S/C14H20O10/c1-6(15)20-5-10-11(21-7(2)16)12(22-8(3)17)13(14(19)24-10)23-9(4)18/h10-14,19H,5H2,1-4H3/t10?,11-,12+,13?,14-/m0/s1. The van der Waals surface area contributed by atoms with Crippen molar-refractivity contribution in [3.63, 3.8) is 0 Å². The zero-order chi connectivity index (χ0) is 18.4. The molecule has 0 bridgehead atoms. The third-order valence-corrected chi connectivity index (χ3v) is 2.97. The predicted molar refractivity (Wildman–Crippen MR) is 74.2 cm³/mol. The molecule has 0 aromatic heterocycles. The molecule has 1 rings (SSSR count). The number of carbonyl (C=O) groups is 4. The van der Waals surface area contributed by atoms with Crippen LogP contribution in [0.4, 0.5) is 0 Å². The Morgan fingerprint density at radius 3 is 1.71 bits per heavy atom. The topological polar surface area (TPSA) is 135 Å². The first-order chi connectivity index (χ1) is 11.1. The van der Waals surface area contributed by atoms with E-state index in [2.05, 4.69) is 0 Å². The number of hydrogen-bond acceptors (Lipinski definition) is 10. The van der Waals surface area contributed by atoms with Gasteiger partial charge in [-0.3, -0.25) is 19.2 Å². The van der Waals surface area contributed by atoms with Crippen LogP contribution in [0.5, 0.6) is 0 Å². The third-order valence-electron chi connectivity index (χ3n) is 2.97. The van der Waals surface area contributed by atoms with E-state index in [4.69, 9.17) is 23.7 Å². The van der Waals surface area contributed by atoms with Crippen LogP contribution < -0.4 is 0 Å². The maximum atomic E-state index is 11.3. The average Bonchev–Trinajstić information content (AvgIpc) is 2.42. The van der Waals surface area contributed by atoms with E-state index >= 15 is 0 Å². The fraction of sp³-hybridized carbons (Fsp3) is 0.714. The van der Waals surface area contributed by atoms with Gasteiger partial charge in [0.05, 0.1) is 0 Å². The Kier molecular flexibility index (Phi) is 7.11. The number of carbonyl (C=O) groups excluding carboxylic acids is 4. The average molecular weight is 348 g/mol. The second-order valence-corrected chi connectivity index (χ2v) is 5.09. The maximum Gasteiger partial charge on any atom is 0.303 e. The van der Waals surface area contributed by atoms with Gasteiger partial charge in [0, 0.05) is 27.7 Å². The van der Waals surface area contributed by atoms with Crippen molar-refractivity contribution in [1.82, 2.24) is 0 Å². The summed E-state index contributed by atoms with van der Waals surface area (Å²) < 4.78 is 25.0. The van der Waals surface area contributed by atoms with E-state index in [1.165, 1.54) is 0 Å². The van der Waals surface area contributed by atoms with Crippen LogP contribution in [0.1, 0.15) is 27.7 Å². The first-order valence-electron chi connectivity index (χ1n) is 7.10. The van der Waals surface area contributed by atoms with Gasteiger partial charge in [0.15, 0.2) is 24.6 Å². The van der Waals surface area contributed by atoms with Crippen LogP contribution in [0.15, 0.2) is 0 Å². The van der Waals surface area contributed by atoms with Gasteiger partial charge in [-0.2, -0.15) is 0 Å². The maximum absolute atomic E-state index is 11.3. The number of aliphatic hydroxyl groups excluding tert-OH is 1. The van der Waals surface area contributed by atoms with Gasteiger partial charge in [-0.15, -0.1) is 0 Å². The molecule has 1 N–H and O–H groups in total. The smallest absolute Gasteiger partial charge is 0.303 e. The summed E-state index contributed by atoms with van der Waals surface area (Å²) in [6, 6.07) is 0. The van der Waals surface area contributed by atoms with Crippen LogP contribution >= 0.6 is 0 Å². The van der Waals surface area contributed by atoms with Crippen molar-refractivity contribution in [2.75, 3.05) is 6.61 Å². The quantitative estimate of drug-likeness (QED) is 0.490. The van der Waals surface area contributed by atoms with Crippen LogP contribution in [-0.4, -0.2) is 66.3 Å². The van der Waals surface area contributed by atoms with Gasteiger partial charge in [0.25, 0.3) is 0 Å². The number of ether oxygens (including phenoxy) is 5. The van der Waals surface area contributed by atoms with E-state index in [-0.39, 0.29) is 6.61 Å². The van der Waals surface area contributed by atoms with E-state index in [1.54, 1.807) is 0 Å². The molecule has 0 aromatic carbocycles. The molecule has 10 heteroatoms. The van der Waals surface area contributed by atoms with Gasteiger partial charge in [0.2, 0.25) is 0 Å². The molecule has 136 valence electrons. The Balaban J connectivity index is 3.11. The van der Waals surface area contributed by atoms with Crippen molar-refractivity contribution >= 4 is 23.9 Å². The molecule has 1 aliphatic rings. The van der Waals surface area contributed by atoms with Crippen LogP contribution in [0.25, 0.3) is 0 Å². The molecule has 1 aliphatic heterocycles. The van der Waals surface area contributed by atoms with Crippen molar-refractivity contribution in [2.45, 2.75) is 58.4 Å². The van der Waals surface area contributed by atoms with E-state index in [0.717, 1.165) is 27.7 Å². The second-order valence-electron chi connectivity index (χ2n) is 5.09. The molecule has 0 saturated carbocycles. The molecule has 0 amide bonds. The zero-order valence-corrected chi connectivity index (χ0v) is 13.7. The summed E-state index contributed by atoms with van der Waals surface area (Å²) in [4.78, 5) is 44.9. The van der Waals surface area contributed by atoms with Gasteiger partial charge < -0.3 is 28.8 Å². The van der Waals surface area contributed by atoms with Crippen molar-refractivity contribution in [2.24, 2.45) is 0 Å². The highest BCUT2D eigenvalue weighted by molar-refractivity contribution is 5.68. The summed E-state index contributed by atoms with van der Waals surface area (Å²) in [5, 5.41) is 10.0. The molecular formula is C14H20O10. The van der Waals surface area contributed by atoms with Gasteiger partial charge in [-0.25, -0.2) is 0 Å². The van der Waals surface area contributed by atoms with Crippen molar-refractivity contribution in [3.05, 3.63) is 0 Å². The lowest BCUT2D eigenvalue weighted by atomic mass is 9.98. The molecule has 0 aromatic rings. The minimum Gasteiger partial charge on any atom is -0.463 e. The number of aliphatic hydroxyl groups is 1. The Bertz CT molecular complexity index is 502. The third kappa shape index (κ3) is 5.78. The molecule has 1 heterocycles. The Hall–Kier alpha value is -2.20. The molecule has 0 spiro atoms. The van der Waals surface area contributed by atoms with Crippen LogP contribution in [0.3, 0.4) is 0 Å². The summed E-state index contributed by atoms with van der Waals surface area (Å²) in [6.45, 7) is 4.09. The normalized spacial score (nSPS) is 29.3. The van der Waals surface area contributed by atoms with Gasteiger partial charge in [-0.1, -0.05) is 0 Å². The van der Waals surface area contributed by atoms with Crippen LogP contribution in [-0.2, 0) is 42.9 Å².